The average Bonchev–Trinajstić information content (AvgIpc) is 2.29. The lowest BCUT2D eigenvalue weighted by molar-refractivity contribution is -0.120. The standard InChI is InChI=1S/C13H19N3O2.ClH/c1-3-7-13(2,15)12(18)16-10-6-4-5-9(8-10)11(14)17;/h4-6,8H,3,7,15H2,1-2H3,(H2,14,17)(H,16,18);1H. The molecule has 0 fully saturated rings. The Balaban J connectivity index is 0.00000324. The molecule has 0 radical (unpaired) electrons. The first-order chi connectivity index (χ1) is 8.36. The van der Waals surface area contributed by atoms with Crippen LogP contribution in [0.15, 0.2) is 24.3 Å². The zero-order valence-electron chi connectivity index (χ0n) is 11.1. The fourth-order valence-corrected chi connectivity index (χ4v) is 1.66. The number of carbonyl (C=O) groups excluding carboxylic acids is 2. The predicted molar refractivity (Wildman–Crippen MR) is 78.3 cm³/mol. The predicted octanol–water partition coefficient (Wildman–Crippen LogP) is 1.66. The second kappa shape index (κ2) is 7.11. The lowest BCUT2D eigenvalue weighted by Crippen LogP contribution is -2.48. The van der Waals surface area contributed by atoms with Crippen molar-refractivity contribution in [2.24, 2.45) is 11.5 Å². The second-order valence-corrected chi connectivity index (χ2v) is 4.57. The summed E-state index contributed by atoms with van der Waals surface area (Å²) in [5.41, 5.74) is 11.0. The minimum atomic E-state index is -0.919. The Morgan fingerprint density at radius 3 is 2.53 bits per heavy atom. The number of benzene rings is 1. The van der Waals surface area contributed by atoms with Crippen LogP contribution < -0.4 is 16.8 Å². The first-order valence-electron chi connectivity index (χ1n) is 5.87. The highest BCUT2D eigenvalue weighted by atomic mass is 35.5. The lowest BCUT2D eigenvalue weighted by atomic mass is 9.96. The summed E-state index contributed by atoms with van der Waals surface area (Å²) in [6, 6.07) is 6.46. The molecule has 0 bridgehead atoms. The van der Waals surface area contributed by atoms with E-state index in [2.05, 4.69) is 5.32 Å². The largest absolute Gasteiger partial charge is 0.366 e. The molecule has 5 nitrogen and oxygen atoms in total. The SMILES string of the molecule is CCCC(C)(N)C(=O)Nc1cccc(C(N)=O)c1.Cl. The third-order valence-electron chi connectivity index (χ3n) is 2.69. The first-order valence-corrected chi connectivity index (χ1v) is 5.87. The number of hydrogen-bond donors (Lipinski definition) is 3. The summed E-state index contributed by atoms with van der Waals surface area (Å²) in [5.74, 6) is -0.805. The van der Waals surface area contributed by atoms with Crippen molar-refractivity contribution in [3.05, 3.63) is 29.8 Å². The fourth-order valence-electron chi connectivity index (χ4n) is 1.66. The summed E-state index contributed by atoms with van der Waals surface area (Å²) in [4.78, 5) is 23.0. The molecule has 0 aliphatic carbocycles. The molecule has 1 aromatic carbocycles. The molecule has 0 aliphatic rings. The van der Waals surface area contributed by atoms with E-state index in [-0.39, 0.29) is 18.3 Å². The van der Waals surface area contributed by atoms with Crippen LogP contribution in [0.2, 0.25) is 0 Å². The Kier molecular flexibility index (Phi) is 6.52. The van der Waals surface area contributed by atoms with Gasteiger partial charge in [0.15, 0.2) is 0 Å². The molecule has 0 aliphatic heterocycles. The number of hydrogen-bond acceptors (Lipinski definition) is 3. The molecule has 2 amide bonds. The van der Waals surface area contributed by atoms with Crippen LogP contribution in [0.4, 0.5) is 5.69 Å². The number of amides is 2. The van der Waals surface area contributed by atoms with Crippen LogP contribution in [0.25, 0.3) is 0 Å². The van der Waals surface area contributed by atoms with Gasteiger partial charge in [-0.05, 0) is 31.5 Å². The summed E-state index contributed by atoms with van der Waals surface area (Å²) in [5, 5.41) is 2.69. The van der Waals surface area contributed by atoms with Gasteiger partial charge in [0, 0.05) is 11.3 Å². The van der Waals surface area contributed by atoms with Gasteiger partial charge in [-0.25, -0.2) is 0 Å². The molecule has 1 unspecified atom stereocenters. The van der Waals surface area contributed by atoms with Crippen molar-refractivity contribution in [2.75, 3.05) is 5.32 Å². The number of primary amides is 1. The summed E-state index contributed by atoms with van der Waals surface area (Å²) in [7, 11) is 0. The van der Waals surface area contributed by atoms with E-state index in [1.165, 1.54) is 6.07 Å². The van der Waals surface area contributed by atoms with Crippen molar-refractivity contribution < 1.29 is 9.59 Å². The van der Waals surface area contributed by atoms with Crippen LogP contribution in [-0.2, 0) is 4.79 Å². The summed E-state index contributed by atoms with van der Waals surface area (Å²) >= 11 is 0. The van der Waals surface area contributed by atoms with E-state index >= 15 is 0 Å². The topological polar surface area (TPSA) is 98.2 Å². The zero-order chi connectivity index (χ0) is 13.8. The number of nitrogens with one attached hydrogen (secondary N) is 1. The Morgan fingerprint density at radius 1 is 1.37 bits per heavy atom. The van der Waals surface area contributed by atoms with Crippen LogP contribution in [0.5, 0.6) is 0 Å². The molecule has 106 valence electrons. The molecule has 0 saturated heterocycles. The van der Waals surface area contributed by atoms with Gasteiger partial charge in [-0.3, -0.25) is 9.59 Å². The molecule has 0 aromatic heterocycles. The monoisotopic (exact) mass is 285 g/mol. The van der Waals surface area contributed by atoms with Crippen molar-refractivity contribution >= 4 is 29.9 Å². The maximum atomic E-state index is 12.0. The van der Waals surface area contributed by atoms with Crippen molar-refractivity contribution in [2.45, 2.75) is 32.2 Å². The highest BCUT2D eigenvalue weighted by Crippen LogP contribution is 2.15. The minimum absolute atomic E-state index is 0. The van der Waals surface area contributed by atoms with Crippen molar-refractivity contribution in [1.29, 1.82) is 0 Å². The summed E-state index contributed by atoms with van der Waals surface area (Å²) in [6.07, 6.45) is 1.41. The van der Waals surface area contributed by atoms with Crippen molar-refractivity contribution in [3.63, 3.8) is 0 Å². The van der Waals surface area contributed by atoms with E-state index in [0.717, 1.165) is 6.42 Å². The molecule has 1 atom stereocenters. The quantitative estimate of drug-likeness (QED) is 0.767. The second-order valence-electron chi connectivity index (χ2n) is 4.57. The lowest BCUT2D eigenvalue weighted by Gasteiger charge is -2.22. The van der Waals surface area contributed by atoms with Crippen molar-refractivity contribution in [1.82, 2.24) is 0 Å². The third-order valence-corrected chi connectivity index (χ3v) is 2.69. The van der Waals surface area contributed by atoms with Crippen molar-refractivity contribution in [3.8, 4) is 0 Å². The summed E-state index contributed by atoms with van der Waals surface area (Å²) < 4.78 is 0. The molecule has 0 saturated carbocycles. The van der Waals surface area contributed by atoms with E-state index in [1.54, 1.807) is 25.1 Å². The maximum Gasteiger partial charge on any atom is 0.248 e. The van der Waals surface area contributed by atoms with E-state index in [0.29, 0.717) is 17.7 Å². The minimum Gasteiger partial charge on any atom is -0.366 e. The number of rotatable bonds is 5. The van der Waals surface area contributed by atoms with Crippen LogP contribution >= 0.6 is 12.4 Å². The van der Waals surface area contributed by atoms with Crippen LogP contribution in [0.1, 0.15) is 37.0 Å². The third kappa shape index (κ3) is 4.89. The van der Waals surface area contributed by atoms with E-state index in [9.17, 15) is 9.59 Å². The van der Waals surface area contributed by atoms with Gasteiger partial charge < -0.3 is 16.8 Å². The van der Waals surface area contributed by atoms with Gasteiger partial charge in [-0.2, -0.15) is 0 Å². The normalized spacial score (nSPS) is 13.0. The number of anilines is 1. The number of halogens is 1. The van der Waals surface area contributed by atoms with E-state index < -0.39 is 11.4 Å². The molecule has 5 N–H and O–H groups in total. The van der Waals surface area contributed by atoms with Crippen LogP contribution in [-0.4, -0.2) is 17.4 Å². The molecule has 1 rings (SSSR count). The van der Waals surface area contributed by atoms with Crippen LogP contribution in [0, 0.1) is 0 Å². The molecule has 19 heavy (non-hydrogen) atoms. The smallest absolute Gasteiger partial charge is 0.248 e. The Bertz CT molecular complexity index is 461. The molecular weight excluding hydrogens is 266 g/mol. The van der Waals surface area contributed by atoms with Gasteiger partial charge in [0.05, 0.1) is 5.54 Å². The molecule has 1 aromatic rings. The van der Waals surface area contributed by atoms with Gasteiger partial charge >= 0.3 is 0 Å². The van der Waals surface area contributed by atoms with Gasteiger partial charge in [0.1, 0.15) is 0 Å². The van der Waals surface area contributed by atoms with E-state index in [1.807, 2.05) is 6.92 Å². The zero-order valence-corrected chi connectivity index (χ0v) is 11.9. The average molecular weight is 286 g/mol. The fraction of sp³-hybridized carbons (Fsp3) is 0.385. The Morgan fingerprint density at radius 2 is 2.00 bits per heavy atom. The van der Waals surface area contributed by atoms with E-state index in [4.69, 9.17) is 11.5 Å². The van der Waals surface area contributed by atoms with Gasteiger partial charge in [0.2, 0.25) is 11.8 Å². The molecule has 0 spiro atoms. The first kappa shape index (κ1) is 17.4. The Labute approximate surface area is 119 Å². The van der Waals surface area contributed by atoms with Gasteiger partial charge in [-0.1, -0.05) is 19.4 Å². The maximum absolute atomic E-state index is 12.0. The number of carbonyl (C=O) groups is 2. The van der Waals surface area contributed by atoms with Crippen LogP contribution in [0.3, 0.4) is 0 Å². The molecule has 6 heteroatoms. The van der Waals surface area contributed by atoms with Gasteiger partial charge in [0.25, 0.3) is 0 Å². The highest BCUT2D eigenvalue weighted by molar-refractivity contribution is 5.99. The number of nitrogens with two attached hydrogens (primary N) is 2. The molecular formula is C13H20ClN3O2. The highest BCUT2D eigenvalue weighted by Gasteiger charge is 2.27. The Hall–Kier alpha value is -1.59. The van der Waals surface area contributed by atoms with Gasteiger partial charge in [-0.15, -0.1) is 12.4 Å². The summed E-state index contributed by atoms with van der Waals surface area (Å²) in [6.45, 7) is 3.65. The molecule has 0 heterocycles.